The van der Waals surface area contributed by atoms with E-state index in [2.05, 4.69) is 22.6 Å². The maximum Gasteiger partial charge on any atom is 0.107 e. The highest BCUT2D eigenvalue weighted by Gasteiger charge is 2.22. The summed E-state index contributed by atoms with van der Waals surface area (Å²) >= 11 is 1.71. The zero-order valence-electron chi connectivity index (χ0n) is 12.6. The minimum Gasteiger partial charge on any atom is -0.381 e. The summed E-state index contributed by atoms with van der Waals surface area (Å²) in [7, 11) is 1.79. The fraction of sp³-hybridized carbons (Fsp3) is 0.800. The van der Waals surface area contributed by atoms with Crippen molar-refractivity contribution in [2.24, 2.45) is 0 Å². The Morgan fingerprint density at radius 2 is 2.25 bits per heavy atom. The van der Waals surface area contributed by atoms with E-state index in [1.807, 2.05) is 0 Å². The van der Waals surface area contributed by atoms with Crippen LogP contribution in [0.1, 0.15) is 49.7 Å². The second-order valence-corrected chi connectivity index (χ2v) is 6.31. The molecular formula is C15H26N2O2S. The Bertz CT molecular complexity index is 384. The molecule has 0 amide bonds. The molecule has 1 heterocycles. The number of thiazole rings is 1. The van der Waals surface area contributed by atoms with Gasteiger partial charge in [-0.1, -0.05) is 6.92 Å². The molecule has 1 fully saturated rings. The Labute approximate surface area is 125 Å². The molecule has 20 heavy (non-hydrogen) atoms. The number of methoxy groups -OCH3 is 1. The Kier molecular flexibility index (Phi) is 6.93. The molecule has 1 aromatic heterocycles. The third kappa shape index (κ3) is 5.13. The summed E-state index contributed by atoms with van der Waals surface area (Å²) in [5.41, 5.74) is 1.06. The molecule has 1 aromatic rings. The summed E-state index contributed by atoms with van der Waals surface area (Å²) in [6.07, 6.45) is 6.40. The molecule has 1 saturated carbocycles. The molecule has 4 nitrogen and oxygen atoms in total. The van der Waals surface area contributed by atoms with Crippen LogP contribution in [-0.2, 0) is 22.6 Å². The number of nitrogens with zero attached hydrogens (tertiary/aromatic N) is 1. The Balaban J connectivity index is 1.70. The lowest BCUT2D eigenvalue weighted by atomic mass is 9.95. The monoisotopic (exact) mass is 298 g/mol. The average molecular weight is 298 g/mol. The van der Waals surface area contributed by atoms with Gasteiger partial charge < -0.3 is 14.8 Å². The van der Waals surface area contributed by atoms with Crippen molar-refractivity contribution in [2.75, 3.05) is 13.7 Å². The first-order valence-corrected chi connectivity index (χ1v) is 8.48. The molecule has 5 heteroatoms. The van der Waals surface area contributed by atoms with E-state index in [-0.39, 0.29) is 0 Å². The van der Waals surface area contributed by atoms with E-state index in [1.165, 1.54) is 12.8 Å². The zero-order valence-corrected chi connectivity index (χ0v) is 13.4. The first-order chi connectivity index (χ1) is 9.81. The van der Waals surface area contributed by atoms with Crippen molar-refractivity contribution in [1.29, 1.82) is 0 Å². The Morgan fingerprint density at radius 3 is 3.05 bits per heavy atom. The first kappa shape index (κ1) is 15.9. The van der Waals surface area contributed by atoms with Gasteiger partial charge in [-0.2, -0.15) is 0 Å². The zero-order chi connectivity index (χ0) is 14.2. The fourth-order valence-electron chi connectivity index (χ4n) is 2.54. The van der Waals surface area contributed by atoms with Crippen LogP contribution in [0.15, 0.2) is 5.38 Å². The van der Waals surface area contributed by atoms with Crippen molar-refractivity contribution in [1.82, 2.24) is 10.3 Å². The average Bonchev–Trinajstić information content (AvgIpc) is 2.94. The van der Waals surface area contributed by atoms with E-state index in [0.717, 1.165) is 43.1 Å². The van der Waals surface area contributed by atoms with Crippen LogP contribution in [0.5, 0.6) is 0 Å². The van der Waals surface area contributed by atoms with Gasteiger partial charge in [-0.25, -0.2) is 4.98 Å². The minimum atomic E-state index is 0.331. The third-order valence-corrected chi connectivity index (χ3v) is 4.58. The van der Waals surface area contributed by atoms with Crippen LogP contribution >= 0.6 is 11.3 Å². The highest BCUT2D eigenvalue weighted by molar-refractivity contribution is 7.09. The highest BCUT2D eigenvalue weighted by Crippen LogP contribution is 2.24. The van der Waals surface area contributed by atoms with Gasteiger partial charge >= 0.3 is 0 Å². The number of hydrogen-bond acceptors (Lipinski definition) is 5. The molecule has 0 bridgehead atoms. The maximum atomic E-state index is 5.98. The van der Waals surface area contributed by atoms with Crippen LogP contribution in [0, 0.1) is 0 Å². The standard InChI is InChI=1S/C15H26N2O2S/c1-3-7-16-9-15-17-12(11-20-15)10-19-14-6-4-5-13(8-14)18-2/h11,13-14,16H,3-10H2,1-2H3. The number of hydrogen-bond donors (Lipinski definition) is 1. The lowest BCUT2D eigenvalue weighted by Gasteiger charge is -2.27. The molecule has 2 unspecified atom stereocenters. The SMILES string of the molecule is CCCNCc1nc(COC2CCCC(OC)C2)cs1. The van der Waals surface area contributed by atoms with E-state index < -0.39 is 0 Å². The van der Waals surface area contributed by atoms with Crippen LogP contribution in [0.3, 0.4) is 0 Å². The van der Waals surface area contributed by atoms with Gasteiger partial charge in [-0.3, -0.25) is 0 Å². The number of rotatable bonds is 8. The maximum absolute atomic E-state index is 5.98. The largest absolute Gasteiger partial charge is 0.381 e. The van der Waals surface area contributed by atoms with E-state index in [9.17, 15) is 0 Å². The summed E-state index contributed by atoms with van der Waals surface area (Å²) in [6.45, 7) is 4.72. The highest BCUT2D eigenvalue weighted by atomic mass is 32.1. The molecule has 1 aliphatic carbocycles. The van der Waals surface area contributed by atoms with Gasteiger partial charge in [0.2, 0.25) is 0 Å². The fourth-order valence-corrected chi connectivity index (χ4v) is 3.29. The normalized spacial score (nSPS) is 23.1. The van der Waals surface area contributed by atoms with Crippen molar-refractivity contribution in [3.8, 4) is 0 Å². The summed E-state index contributed by atoms with van der Waals surface area (Å²) in [5, 5.41) is 6.63. The topological polar surface area (TPSA) is 43.4 Å². The van der Waals surface area contributed by atoms with Crippen molar-refractivity contribution < 1.29 is 9.47 Å². The molecule has 0 saturated heterocycles. The molecule has 2 atom stereocenters. The number of nitrogens with one attached hydrogen (secondary N) is 1. The van der Waals surface area contributed by atoms with Gasteiger partial charge in [-0.15, -0.1) is 11.3 Å². The van der Waals surface area contributed by atoms with Gasteiger partial charge in [0.1, 0.15) is 5.01 Å². The summed E-state index contributed by atoms with van der Waals surface area (Å²) in [6, 6.07) is 0. The van der Waals surface area contributed by atoms with Crippen molar-refractivity contribution in [3.63, 3.8) is 0 Å². The van der Waals surface area contributed by atoms with E-state index in [4.69, 9.17) is 9.47 Å². The molecule has 2 rings (SSSR count). The van der Waals surface area contributed by atoms with Crippen LogP contribution in [0.25, 0.3) is 0 Å². The van der Waals surface area contributed by atoms with Crippen molar-refractivity contribution >= 4 is 11.3 Å². The van der Waals surface area contributed by atoms with Crippen LogP contribution in [-0.4, -0.2) is 30.8 Å². The quantitative estimate of drug-likeness (QED) is 0.749. The van der Waals surface area contributed by atoms with Gasteiger partial charge in [0.25, 0.3) is 0 Å². The van der Waals surface area contributed by atoms with E-state index in [0.29, 0.717) is 18.8 Å². The predicted octanol–water partition coefficient (Wildman–Crippen LogP) is 3.12. The summed E-state index contributed by atoms with van der Waals surface area (Å²) in [4.78, 5) is 4.61. The lowest BCUT2D eigenvalue weighted by molar-refractivity contribution is -0.0371. The molecule has 0 radical (unpaired) electrons. The summed E-state index contributed by atoms with van der Waals surface area (Å²) in [5.74, 6) is 0. The van der Waals surface area contributed by atoms with Crippen LogP contribution in [0.4, 0.5) is 0 Å². The van der Waals surface area contributed by atoms with Gasteiger partial charge in [-0.05, 0) is 38.6 Å². The minimum absolute atomic E-state index is 0.331. The lowest BCUT2D eigenvalue weighted by Crippen LogP contribution is -2.27. The van der Waals surface area contributed by atoms with Gasteiger partial charge in [0.05, 0.1) is 24.5 Å². The van der Waals surface area contributed by atoms with Crippen LogP contribution < -0.4 is 5.32 Å². The Hall–Kier alpha value is -0.490. The Morgan fingerprint density at radius 1 is 1.40 bits per heavy atom. The molecule has 1 N–H and O–H groups in total. The number of aromatic nitrogens is 1. The van der Waals surface area contributed by atoms with Gasteiger partial charge in [0, 0.05) is 19.0 Å². The third-order valence-electron chi connectivity index (χ3n) is 3.68. The molecule has 0 aliphatic heterocycles. The number of ether oxygens (including phenoxy) is 2. The first-order valence-electron chi connectivity index (χ1n) is 7.60. The molecular weight excluding hydrogens is 272 g/mol. The predicted molar refractivity (Wildman–Crippen MR) is 82.0 cm³/mol. The second kappa shape index (κ2) is 8.72. The molecule has 1 aliphatic rings. The molecule has 0 spiro atoms. The summed E-state index contributed by atoms with van der Waals surface area (Å²) < 4.78 is 11.4. The van der Waals surface area contributed by atoms with Gasteiger partial charge in [0.15, 0.2) is 0 Å². The van der Waals surface area contributed by atoms with Crippen LogP contribution in [0.2, 0.25) is 0 Å². The molecule has 0 aromatic carbocycles. The van der Waals surface area contributed by atoms with Crippen molar-refractivity contribution in [3.05, 3.63) is 16.1 Å². The van der Waals surface area contributed by atoms with E-state index in [1.54, 1.807) is 18.4 Å². The second-order valence-electron chi connectivity index (χ2n) is 5.37. The van der Waals surface area contributed by atoms with E-state index >= 15 is 0 Å². The smallest absolute Gasteiger partial charge is 0.107 e. The molecule has 114 valence electrons. The van der Waals surface area contributed by atoms with Crippen molar-refractivity contribution in [2.45, 2.75) is 64.4 Å².